The van der Waals surface area contributed by atoms with Crippen LogP contribution in [0.5, 0.6) is 0 Å². The summed E-state index contributed by atoms with van der Waals surface area (Å²) in [5.41, 5.74) is 9.01. The maximum atomic E-state index is 6.11. The van der Waals surface area contributed by atoms with Crippen molar-refractivity contribution in [2.45, 2.75) is 44.7 Å². The SMILES string of the molecule is NC(=Nc1cccc(-c2cnc(CNC3CCCCC3)[nH]2)c1)c1cccs1. The van der Waals surface area contributed by atoms with E-state index in [9.17, 15) is 0 Å². The summed E-state index contributed by atoms with van der Waals surface area (Å²) >= 11 is 1.59. The summed E-state index contributed by atoms with van der Waals surface area (Å²) in [6, 6.07) is 12.6. The van der Waals surface area contributed by atoms with Crippen molar-refractivity contribution in [3.05, 3.63) is 58.7 Å². The number of rotatable bonds is 6. The van der Waals surface area contributed by atoms with E-state index in [0.717, 1.165) is 34.2 Å². The summed E-state index contributed by atoms with van der Waals surface area (Å²) in [5.74, 6) is 1.52. The van der Waals surface area contributed by atoms with Crippen LogP contribution in [0, 0.1) is 0 Å². The van der Waals surface area contributed by atoms with Crippen LogP contribution in [0.15, 0.2) is 53.0 Å². The predicted octanol–water partition coefficient (Wildman–Crippen LogP) is 4.60. The molecule has 1 aromatic carbocycles. The average Bonchev–Trinajstić information content (AvgIpc) is 3.40. The molecule has 2 heterocycles. The highest BCUT2D eigenvalue weighted by molar-refractivity contribution is 7.12. The second kappa shape index (κ2) is 8.50. The third-order valence-electron chi connectivity index (χ3n) is 4.97. The van der Waals surface area contributed by atoms with Gasteiger partial charge in [0.15, 0.2) is 0 Å². The van der Waals surface area contributed by atoms with Gasteiger partial charge in [0, 0.05) is 11.6 Å². The number of aliphatic imine (C=N–C) groups is 1. The Kier molecular flexibility index (Phi) is 5.65. The molecule has 5 nitrogen and oxygen atoms in total. The van der Waals surface area contributed by atoms with E-state index >= 15 is 0 Å². The van der Waals surface area contributed by atoms with Gasteiger partial charge < -0.3 is 16.0 Å². The first-order valence-corrected chi connectivity index (χ1v) is 10.4. The molecule has 1 aliphatic rings. The Balaban J connectivity index is 1.44. The fraction of sp³-hybridized carbons (Fsp3) is 0.333. The van der Waals surface area contributed by atoms with Crippen molar-refractivity contribution < 1.29 is 0 Å². The van der Waals surface area contributed by atoms with Crippen LogP contribution in [0.25, 0.3) is 11.3 Å². The average molecular weight is 380 g/mol. The molecular formula is C21H25N5S. The number of hydrogen-bond acceptors (Lipinski definition) is 4. The van der Waals surface area contributed by atoms with E-state index < -0.39 is 0 Å². The van der Waals surface area contributed by atoms with Crippen molar-refractivity contribution in [1.82, 2.24) is 15.3 Å². The number of imidazole rings is 1. The van der Waals surface area contributed by atoms with Crippen LogP contribution in [0.4, 0.5) is 5.69 Å². The molecule has 0 amide bonds. The fourth-order valence-electron chi connectivity index (χ4n) is 3.51. The van der Waals surface area contributed by atoms with Crippen LogP contribution in [0.3, 0.4) is 0 Å². The van der Waals surface area contributed by atoms with E-state index in [2.05, 4.69) is 26.3 Å². The Hall–Kier alpha value is -2.44. The zero-order valence-corrected chi connectivity index (χ0v) is 16.1. The van der Waals surface area contributed by atoms with Crippen molar-refractivity contribution in [1.29, 1.82) is 0 Å². The number of nitrogens with two attached hydrogens (primary N) is 1. The largest absolute Gasteiger partial charge is 0.383 e. The number of amidine groups is 1. The molecule has 0 atom stereocenters. The number of nitrogens with zero attached hydrogens (tertiary/aromatic N) is 2. The molecule has 4 rings (SSSR count). The van der Waals surface area contributed by atoms with Crippen LogP contribution >= 0.6 is 11.3 Å². The minimum atomic E-state index is 0.545. The van der Waals surface area contributed by atoms with Crippen molar-refractivity contribution in [3.8, 4) is 11.3 Å². The van der Waals surface area contributed by atoms with Gasteiger partial charge in [0.1, 0.15) is 11.7 Å². The topological polar surface area (TPSA) is 79.1 Å². The van der Waals surface area contributed by atoms with E-state index in [1.165, 1.54) is 32.1 Å². The second-order valence-corrected chi connectivity index (χ2v) is 7.93. The molecule has 0 spiro atoms. The molecule has 0 aliphatic heterocycles. The lowest BCUT2D eigenvalue weighted by atomic mass is 9.95. The smallest absolute Gasteiger partial charge is 0.141 e. The lowest BCUT2D eigenvalue weighted by Gasteiger charge is -2.22. The van der Waals surface area contributed by atoms with Crippen LogP contribution in [-0.2, 0) is 6.54 Å². The molecule has 0 unspecified atom stereocenters. The number of thiophene rings is 1. The molecule has 27 heavy (non-hydrogen) atoms. The summed E-state index contributed by atoms with van der Waals surface area (Å²) < 4.78 is 0. The first-order valence-electron chi connectivity index (χ1n) is 9.54. The van der Waals surface area contributed by atoms with Gasteiger partial charge in [-0.2, -0.15) is 0 Å². The van der Waals surface area contributed by atoms with Crippen LogP contribution in [0.1, 0.15) is 42.8 Å². The number of nitrogens with one attached hydrogen (secondary N) is 2. The standard InChI is InChI=1S/C21H25N5S/c22-21(19-10-5-11-27-19)25-17-9-4-6-15(12-17)18-13-24-20(26-18)14-23-16-7-2-1-3-8-16/h4-6,9-13,16,23H,1-3,7-8,14H2,(H2,22,25)(H,24,26). The molecule has 1 fully saturated rings. The zero-order valence-electron chi connectivity index (χ0n) is 15.3. The summed E-state index contributed by atoms with van der Waals surface area (Å²) in [6.07, 6.45) is 8.49. The highest BCUT2D eigenvalue weighted by Crippen LogP contribution is 2.24. The first-order chi connectivity index (χ1) is 13.3. The van der Waals surface area contributed by atoms with Gasteiger partial charge in [0.25, 0.3) is 0 Å². The highest BCUT2D eigenvalue weighted by atomic mass is 32.1. The normalized spacial score (nSPS) is 15.9. The van der Waals surface area contributed by atoms with E-state index in [1.807, 2.05) is 41.9 Å². The summed E-state index contributed by atoms with van der Waals surface area (Å²) in [5, 5.41) is 5.63. The number of H-pyrrole nitrogens is 1. The Morgan fingerprint density at radius 2 is 2.11 bits per heavy atom. The Morgan fingerprint density at radius 1 is 1.22 bits per heavy atom. The zero-order chi connectivity index (χ0) is 18.5. The van der Waals surface area contributed by atoms with E-state index in [1.54, 1.807) is 11.3 Å². The van der Waals surface area contributed by atoms with Gasteiger partial charge in [0.05, 0.1) is 29.0 Å². The second-order valence-electron chi connectivity index (χ2n) is 6.98. The minimum absolute atomic E-state index is 0.545. The summed E-state index contributed by atoms with van der Waals surface area (Å²) in [7, 11) is 0. The Bertz CT molecular complexity index is 891. The lowest BCUT2D eigenvalue weighted by molar-refractivity contribution is 0.369. The highest BCUT2D eigenvalue weighted by Gasteiger charge is 2.13. The number of hydrogen-bond donors (Lipinski definition) is 3. The molecule has 0 bridgehead atoms. The molecule has 0 radical (unpaired) electrons. The van der Waals surface area contributed by atoms with Crippen molar-refractivity contribution in [3.63, 3.8) is 0 Å². The number of aromatic amines is 1. The van der Waals surface area contributed by atoms with Crippen LogP contribution in [0.2, 0.25) is 0 Å². The van der Waals surface area contributed by atoms with E-state index in [4.69, 9.17) is 5.73 Å². The quantitative estimate of drug-likeness (QED) is 0.433. The molecule has 0 saturated heterocycles. The fourth-order valence-corrected chi connectivity index (χ4v) is 4.14. The first kappa shape index (κ1) is 17.9. The van der Waals surface area contributed by atoms with Crippen molar-refractivity contribution >= 4 is 22.9 Å². The number of aromatic nitrogens is 2. The predicted molar refractivity (Wildman–Crippen MR) is 112 cm³/mol. The van der Waals surface area contributed by atoms with Gasteiger partial charge in [-0.05, 0) is 36.4 Å². The van der Waals surface area contributed by atoms with Gasteiger partial charge in [-0.3, -0.25) is 0 Å². The van der Waals surface area contributed by atoms with Gasteiger partial charge >= 0.3 is 0 Å². The third kappa shape index (κ3) is 4.64. The van der Waals surface area contributed by atoms with Gasteiger partial charge in [-0.1, -0.05) is 37.5 Å². The molecule has 6 heteroatoms. The maximum Gasteiger partial charge on any atom is 0.141 e. The van der Waals surface area contributed by atoms with Gasteiger partial charge in [-0.25, -0.2) is 9.98 Å². The molecule has 4 N–H and O–H groups in total. The lowest BCUT2D eigenvalue weighted by Crippen LogP contribution is -2.30. The Labute approximate surface area is 163 Å². The summed E-state index contributed by atoms with van der Waals surface area (Å²) in [6.45, 7) is 0.786. The Morgan fingerprint density at radius 3 is 2.93 bits per heavy atom. The molecule has 140 valence electrons. The molecule has 2 aromatic heterocycles. The molecule has 3 aromatic rings. The molecular weight excluding hydrogens is 354 g/mol. The summed E-state index contributed by atoms with van der Waals surface area (Å²) in [4.78, 5) is 13.5. The minimum Gasteiger partial charge on any atom is -0.383 e. The van der Waals surface area contributed by atoms with Gasteiger partial charge in [-0.15, -0.1) is 11.3 Å². The molecule has 1 saturated carbocycles. The molecule has 1 aliphatic carbocycles. The van der Waals surface area contributed by atoms with Gasteiger partial charge in [0.2, 0.25) is 0 Å². The van der Waals surface area contributed by atoms with E-state index in [0.29, 0.717) is 11.9 Å². The van der Waals surface area contributed by atoms with Crippen LogP contribution in [-0.4, -0.2) is 21.8 Å². The van der Waals surface area contributed by atoms with Crippen molar-refractivity contribution in [2.24, 2.45) is 10.7 Å². The number of benzene rings is 1. The van der Waals surface area contributed by atoms with Crippen molar-refractivity contribution in [2.75, 3.05) is 0 Å². The monoisotopic (exact) mass is 379 g/mol. The van der Waals surface area contributed by atoms with Crippen LogP contribution < -0.4 is 11.1 Å². The maximum absolute atomic E-state index is 6.11. The third-order valence-corrected chi connectivity index (χ3v) is 5.86. The van der Waals surface area contributed by atoms with E-state index in [-0.39, 0.29) is 0 Å².